The van der Waals surface area contributed by atoms with Gasteiger partial charge in [0.05, 0.1) is 23.2 Å². The molecule has 1 aliphatic rings. The zero-order valence-corrected chi connectivity index (χ0v) is 20.5. The first-order valence-electron chi connectivity index (χ1n) is 11.4. The maximum absolute atomic E-state index is 12.4. The van der Waals surface area contributed by atoms with E-state index in [0.717, 1.165) is 33.1 Å². The molecule has 3 aromatic rings. The van der Waals surface area contributed by atoms with Gasteiger partial charge in [-0.3, -0.25) is 4.79 Å². The number of thiophene rings is 1. The molecular formula is C27H30N4O2S. The Labute approximate surface area is 204 Å². The Bertz CT molecular complexity index is 1190. The van der Waals surface area contributed by atoms with Crippen LogP contribution in [0, 0.1) is 0 Å². The van der Waals surface area contributed by atoms with E-state index in [1.54, 1.807) is 24.5 Å². The number of allylic oxidation sites excluding steroid dienone is 4. The smallest absolute Gasteiger partial charge is 0.251 e. The molecule has 3 N–H and O–H groups in total. The quantitative estimate of drug-likeness (QED) is 0.386. The fourth-order valence-electron chi connectivity index (χ4n) is 3.17. The number of nitrogens with one attached hydrogen (secondary N) is 2. The third-order valence-corrected chi connectivity index (χ3v) is 5.97. The summed E-state index contributed by atoms with van der Waals surface area (Å²) in [6.45, 7) is 6.19. The van der Waals surface area contributed by atoms with E-state index < -0.39 is 6.10 Å². The molecule has 1 aliphatic carbocycles. The molecule has 0 fully saturated rings. The van der Waals surface area contributed by atoms with Crippen molar-refractivity contribution >= 4 is 28.9 Å². The van der Waals surface area contributed by atoms with E-state index in [2.05, 4.69) is 20.6 Å². The number of carbonyl (C=O) groups is 1. The van der Waals surface area contributed by atoms with Crippen molar-refractivity contribution in [2.24, 2.45) is 0 Å². The number of aliphatic hydroxyl groups is 1. The highest BCUT2D eigenvalue weighted by Gasteiger charge is 2.10. The predicted octanol–water partition coefficient (Wildman–Crippen LogP) is 6.09. The molecule has 7 heteroatoms. The number of hydrogen-bond acceptors (Lipinski definition) is 6. The molecule has 1 unspecified atom stereocenters. The number of amides is 1. The summed E-state index contributed by atoms with van der Waals surface area (Å²) >= 11 is 1.58. The zero-order valence-electron chi connectivity index (χ0n) is 19.7. The Morgan fingerprint density at radius 3 is 2.85 bits per heavy atom. The number of aromatic nitrogens is 2. The lowest BCUT2D eigenvalue weighted by atomic mass is 10.1. The summed E-state index contributed by atoms with van der Waals surface area (Å²) in [5.41, 5.74) is 3.09. The minimum absolute atomic E-state index is 0.0873. The fourth-order valence-corrected chi connectivity index (χ4v) is 4.09. The van der Waals surface area contributed by atoms with Gasteiger partial charge in [-0.1, -0.05) is 50.3 Å². The lowest BCUT2D eigenvalue weighted by molar-refractivity contribution is -0.117. The maximum atomic E-state index is 12.4. The summed E-state index contributed by atoms with van der Waals surface area (Å²) in [7, 11) is 0. The molecule has 4 rings (SSSR count). The van der Waals surface area contributed by atoms with Gasteiger partial charge < -0.3 is 15.7 Å². The SMILES string of the molecule is CC.CC(O)c1cccc(Nc2nccc(-c3ccc(CNC(=O)C4=CC=CCC=C4)s3)n2)c1. The van der Waals surface area contributed by atoms with Gasteiger partial charge in [0, 0.05) is 22.3 Å². The zero-order chi connectivity index (χ0) is 24.3. The third-order valence-electron chi connectivity index (χ3n) is 4.86. The molecular weight excluding hydrogens is 444 g/mol. The van der Waals surface area contributed by atoms with Gasteiger partial charge in [0.2, 0.25) is 5.95 Å². The second-order valence-corrected chi connectivity index (χ2v) is 8.50. The van der Waals surface area contributed by atoms with E-state index in [4.69, 9.17) is 0 Å². The van der Waals surface area contributed by atoms with Crippen molar-refractivity contribution in [2.75, 3.05) is 5.32 Å². The highest BCUT2D eigenvalue weighted by Crippen LogP contribution is 2.28. The van der Waals surface area contributed by atoms with E-state index in [9.17, 15) is 9.90 Å². The molecule has 1 aromatic carbocycles. The van der Waals surface area contributed by atoms with Crippen molar-refractivity contribution in [3.05, 3.63) is 95.1 Å². The summed E-state index contributed by atoms with van der Waals surface area (Å²) < 4.78 is 0. The number of carbonyl (C=O) groups excluding carboxylic acids is 1. The first-order chi connectivity index (χ1) is 16.6. The number of hydrogen-bond donors (Lipinski definition) is 3. The molecule has 2 heterocycles. The molecule has 6 nitrogen and oxygen atoms in total. The van der Waals surface area contributed by atoms with Crippen LogP contribution < -0.4 is 10.6 Å². The third kappa shape index (κ3) is 6.97. The topological polar surface area (TPSA) is 87.1 Å². The molecule has 0 bridgehead atoms. The van der Waals surface area contributed by atoms with Gasteiger partial charge >= 0.3 is 0 Å². The fraction of sp³-hybridized carbons (Fsp3) is 0.222. The van der Waals surface area contributed by atoms with Gasteiger partial charge in [-0.25, -0.2) is 9.97 Å². The average Bonchev–Trinajstić information content (AvgIpc) is 3.17. The van der Waals surface area contributed by atoms with Crippen molar-refractivity contribution in [2.45, 2.75) is 39.8 Å². The normalized spacial score (nSPS) is 13.2. The van der Waals surface area contributed by atoms with Crippen molar-refractivity contribution in [3.8, 4) is 10.6 Å². The molecule has 1 amide bonds. The molecule has 1 atom stereocenters. The highest BCUT2D eigenvalue weighted by atomic mass is 32.1. The van der Waals surface area contributed by atoms with Crippen LogP contribution in [0.2, 0.25) is 0 Å². The molecule has 0 aliphatic heterocycles. The molecule has 176 valence electrons. The van der Waals surface area contributed by atoms with Crippen LogP contribution in [0.15, 0.2) is 84.6 Å². The number of rotatable bonds is 7. The maximum Gasteiger partial charge on any atom is 0.251 e. The summed E-state index contributed by atoms with van der Waals surface area (Å²) in [4.78, 5) is 23.3. The Kier molecular flexibility index (Phi) is 9.31. The summed E-state index contributed by atoms with van der Waals surface area (Å²) in [5, 5.41) is 15.9. The van der Waals surface area contributed by atoms with Crippen LogP contribution in [0.3, 0.4) is 0 Å². The second kappa shape index (κ2) is 12.6. The summed E-state index contributed by atoms with van der Waals surface area (Å²) in [5.74, 6) is 0.393. The van der Waals surface area contributed by atoms with E-state index in [1.807, 2.05) is 86.7 Å². The van der Waals surface area contributed by atoms with Gasteiger partial charge in [-0.2, -0.15) is 0 Å². The molecule has 2 aromatic heterocycles. The van der Waals surface area contributed by atoms with E-state index in [-0.39, 0.29) is 5.91 Å². The summed E-state index contributed by atoms with van der Waals surface area (Å²) in [6.07, 6.45) is 11.6. The van der Waals surface area contributed by atoms with Crippen LogP contribution in [-0.2, 0) is 11.3 Å². The molecule has 34 heavy (non-hydrogen) atoms. The lowest BCUT2D eigenvalue weighted by Crippen LogP contribution is -2.23. The van der Waals surface area contributed by atoms with Gasteiger partial charge in [0.15, 0.2) is 0 Å². The Morgan fingerprint density at radius 2 is 2.03 bits per heavy atom. The number of aliphatic hydroxyl groups excluding tert-OH is 1. The first kappa shape index (κ1) is 25.1. The van der Waals surface area contributed by atoms with Crippen LogP contribution in [0.25, 0.3) is 10.6 Å². The standard InChI is InChI=1S/C25H24N4O2S.C2H6/c1-17(30)19-9-6-10-20(15-19)28-25-26-14-13-22(29-25)23-12-11-21(32-23)16-27-24(31)18-7-4-2-3-5-8-18;1-2/h2,4-15,17,30H,3,16H2,1H3,(H,27,31)(H,26,28,29);1-2H3. The number of nitrogens with zero attached hydrogens (tertiary/aromatic N) is 2. The molecule has 0 saturated carbocycles. The summed E-state index contributed by atoms with van der Waals surface area (Å²) in [6, 6.07) is 13.4. The predicted molar refractivity (Wildman–Crippen MR) is 140 cm³/mol. The van der Waals surface area contributed by atoms with Crippen LogP contribution in [-0.4, -0.2) is 21.0 Å². The van der Waals surface area contributed by atoms with E-state index in [0.29, 0.717) is 18.1 Å². The first-order valence-corrected chi connectivity index (χ1v) is 12.2. The lowest BCUT2D eigenvalue weighted by Gasteiger charge is -2.09. The van der Waals surface area contributed by atoms with Gasteiger partial charge in [-0.15, -0.1) is 11.3 Å². The molecule has 0 saturated heterocycles. The van der Waals surface area contributed by atoms with Crippen molar-refractivity contribution in [3.63, 3.8) is 0 Å². The van der Waals surface area contributed by atoms with Gasteiger partial charge in [0.1, 0.15) is 0 Å². The van der Waals surface area contributed by atoms with Crippen LogP contribution in [0.1, 0.15) is 43.7 Å². The van der Waals surface area contributed by atoms with Crippen molar-refractivity contribution in [1.29, 1.82) is 0 Å². The van der Waals surface area contributed by atoms with Crippen LogP contribution in [0.4, 0.5) is 11.6 Å². The van der Waals surface area contributed by atoms with Crippen molar-refractivity contribution < 1.29 is 9.90 Å². The van der Waals surface area contributed by atoms with Gasteiger partial charge in [0.25, 0.3) is 5.91 Å². The monoisotopic (exact) mass is 474 g/mol. The number of benzene rings is 1. The number of anilines is 2. The van der Waals surface area contributed by atoms with Crippen LogP contribution in [0.5, 0.6) is 0 Å². The Balaban J connectivity index is 0.00000158. The highest BCUT2D eigenvalue weighted by molar-refractivity contribution is 7.15. The minimum Gasteiger partial charge on any atom is -0.389 e. The van der Waals surface area contributed by atoms with Crippen molar-refractivity contribution in [1.82, 2.24) is 15.3 Å². The van der Waals surface area contributed by atoms with E-state index in [1.165, 1.54) is 0 Å². The molecule has 0 radical (unpaired) electrons. The average molecular weight is 475 g/mol. The minimum atomic E-state index is -0.541. The second-order valence-electron chi connectivity index (χ2n) is 7.33. The van der Waals surface area contributed by atoms with Crippen LogP contribution >= 0.6 is 11.3 Å². The Hall–Kier alpha value is -3.55. The van der Waals surface area contributed by atoms with Gasteiger partial charge in [-0.05, 0) is 55.3 Å². The largest absolute Gasteiger partial charge is 0.389 e. The Morgan fingerprint density at radius 1 is 1.18 bits per heavy atom. The molecule has 0 spiro atoms. The van der Waals surface area contributed by atoms with E-state index >= 15 is 0 Å².